The lowest BCUT2D eigenvalue weighted by Gasteiger charge is -2.23. The molecule has 1 aromatic rings. The maximum Gasteiger partial charge on any atom is 0.221 e. The summed E-state index contributed by atoms with van der Waals surface area (Å²) in [6.07, 6.45) is 1.86. The van der Waals surface area contributed by atoms with Crippen LogP contribution in [0.25, 0.3) is 0 Å². The summed E-state index contributed by atoms with van der Waals surface area (Å²) in [6, 6.07) is 4.49. The Morgan fingerprint density at radius 2 is 2.00 bits per heavy atom. The highest BCUT2D eigenvalue weighted by Gasteiger charge is 2.20. The van der Waals surface area contributed by atoms with Gasteiger partial charge in [-0.15, -0.1) is 12.4 Å². The predicted octanol–water partition coefficient (Wildman–Crippen LogP) is 1.16. The van der Waals surface area contributed by atoms with Crippen molar-refractivity contribution in [2.24, 2.45) is 0 Å². The molecule has 0 aliphatic carbocycles. The van der Waals surface area contributed by atoms with E-state index in [4.69, 9.17) is 9.47 Å². The Hall–Kier alpha value is -1.51. The molecule has 1 amide bonds. The summed E-state index contributed by atoms with van der Waals surface area (Å²) in [7, 11) is -0.639. The standard InChI is InChI=1S/C16H24N2O5S.ClH/c1-22-14-6-5-13(10-15(14)23-2)24(20,21)9-7-16(19)18-12-4-3-8-17-11-12;/h5-6,10,12,17H,3-4,7-9,11H2,1-2H3,(H,18,19);1H. The first-order valence-electron chi connectivity index (χ1n) is 7.91. The first-order valence-corrected chi connectivity index (χ1v) is 9.56. The van der Waals surface area contributed by atoms with Crippen LogP contribution in [0.3, 0.4) is 0 Å². The zero-order chi connectivity index (χ0) is 17.6. The van der Waals surface area contributed by atoms with E-state index in [0.29, 0.717) is 11.5 Å². The highest BCUT2D eigenvalue weighted by Crippen LogP contribution is 2.29. The fraction of sp³-hybridized carbons (Fsp3) is 0.562. The van der Waals surface area contributed by atoms with E-state index in [1.54, 1.807) is 6.07 Å². The summed E-state index contributed by atoms with van der Waals surface area (Å²) in [5, 5.41) is 6.08. The Morgan fingerprint density at radius 3 is 2.60 bits per heavy atom. The van der Waals surface area contributed by atoms with Crippen LogP contribution in [0.1, 0.15) is 19.3 Å². The van der Waals surface area contributed by atoms with Crippen LogP contribution in [0.4, 0.5) is 0 Å². The van der Waals surface area contributed by atoms with E-state index in [0.717, 1.165) is 25.9 Å². The highest BCUT2D eigenvalue weighted by atomic mass is 35.5. The summed E-state index contributed by atoms with van der Waals surface area (Å²) < 4.78 is 35.0. The van der Waals surface area contributed by atoms with Crippen LogP contribution in [0.2, 0.25) is 0 Å². The molecule has 1 aromatic carbocycles. The summed E-state index contributed by atoms with van der Waals surface area (Å²) in [6.45, 7) is 1.69. The van der Waals surface area contributed by atoms with E-state index in [9.17, 15) is 13.2 Å². The van der Waals surface area contributed by atoms with Gasteiger partial charge >= 0.3 is 0 Å². The van der Waals surface area contributed by atoms with Crippen molar-refractivity contribution in [3.63, 3.8) is 0 Å². The number of halogens is 1. The van der Waals surface area contributed by atoms with Crippen molar-refractivity contribution in [3.05, 3.63) is 18.2 Å². The van der Waals surface area contributed by atoms with Gasteiger partial charge in [0, 0.05) is 25.1 Å². The molecule has 0 spiro atoms. The number of benzene rings is 1. The van der Waals surface area contributed by atoms with Crippen LogP contribution in [-0.4, -0.2) is 53.4 Å². The molecule has 1 atom stereocenters. The molecule has 0 aromatic heterocycles. The number of methoxy groups -OCH3 is 2. The fourth-order valence-electron chi connectivity index (χ4n) is 2.63. The number of piperidine rings is 1. The Kier molecular flexibility index (Phi) is 8.47. The summed E-state index contributed by atoms with van der Waals surface area (Å²) in [5.74, 6) is 0.317. The SMILES string of the molecule is COc1ccc(S(=O)(=O)CCC(=O)NC2CCCNC2)cc1OC.Cl. The van der Waals surface area contributed by atoms with Gasteiger partial charge in [0.25, 0.3) is 0 Å². The molecule has 1 unspecified atom stereocenters. The zero-order valence-corrected chi connectivity index (χ0v) is 16.0. The zero-order valence-electron chi connectivity index (χ0n) is 14.4. The molecule has 1 heterocycles. The number of carbonyl (C=O) groups excluding carboxylic acids is 1. The minimum absolute atomic E-state index is 0. The number of hydrogen-bond donors (Lipinski definition) is 2. The lowest BCUT2D eigenvalue weighted by molar-refractivity contribution is -0.121. The van der Waals surface area contributed by atoms with Gasteiger partial charge in [0.15, 0.2) is 21.3 Å². The van der Waals surface area contributed by atoms with E-state index in [1.165, 1.54) is 26.4 Å². The van der Waals surface area contributed by atoms with Gasteiger partial charge in [-0.05, 0) is 31.5 Å². The van der Waals surface area contributed by atoms with Gasteiger partial charge in [0.2, 0.25) is 5.91 Å². The smallest absolute Gasteiger partial charge is 0.221 e. The molecule has 2 N–H and O–H groups in total. The third kappa shape index (κ3) is 6.05. The Morgan fingerprint density at radius 1 is 1.28 bits per heavy atom. The molecule has 25 heavy (non-hydrogen) atoms. The van der Waals surface area contributed by atoms with Crippen LogP contribution < -0.4 is 20.1 Å². The Balaban J connectivity index is 0.00000312. The molecule has 2 rings (SSSR count). The number of ether oxygens (including phenoxy) is 2. The molecule has 1 saturated heterocycles. The third-order valence-corrected chi connectivity index (χ3v) is 5.69. The molecule has 9 heteroatoms. The predicted molar refractivity (Wildman–Crippen MR) is 97.5 cm³/mol. The molecule has 7 nitrogen and oxygen atoms in total. The molecule has 0 saturated carbocycles. The largest absolute Gasteiger partial charge is 0.493 e. The lowest BCUT2D eigenvalue weighted by Crippen LogP contribution is -2.45. The Labute approximate surface area is 154 Å². The number of rotatable bonds is 7. The second-order valence-electron chi connectivity index (χ2n) is 5.70. The number of hydrogen-bond acceptors (Lipinski definition) is 6. The van der Waals surface area contributed by atoms with Crippen molar-refractivity contribution in [2.45, 2.75) is 30.2 Å². The van der Waals surface area contributed by atoms with Crippen LogP contribution in [0.15, 0.2) is 23.1 Å². The normalized spacial score (nSPS) is 17.3. The number of sulfone groups is 1. The minimum Gasteiger partial charge on any atom is -0.493 e. The van der Waals surface area contributed by atoms with E-state index in [1.807, 2.05) is 0 Å². The second kappa shape index (κ2) is 9.84. The van der Waals surface area contributed by atoms with Crippen LogP contribution in [0, 0.1) is 0 Å². The van der Waals surface area contributed by atoms with Crippen LogP contribution >= 0.6 is 12.4 Å². The highest BCUT2D eigenvalue weighted by molar-refractivity contribution is 7.91. The summed E-state index contributed by atoms with van der Waals surface area (Å²) in [4.78, 5) is 12.1. The maximum absolute atomic E-state index is 12.4. The maximum atomic E-state index is 12.4. The van der Waals surface area contributed by atoms with Gasteiger partial charge in [-0.1, -0.05) is 0 Å². The van der Waals surface area contributed by atoms with Crippen molar-refractivity contribution in [3.8, 4) is 11.5 Å². The van der Waals surface area contributed by atoms with Crippen molar-refractivity contribution < 1.29 is 22.7 Å². The number of amides is 1. The number of carbonyl (C=O) groups is 1. The first kappa shape index (κ1) is 21.5. The van der Waals surface area contributed by atoms with Crippen molar-refractivity contribution in [1.29, 1.82) is 0 Å². The van der Waals surface area contributed by atoms with Gasteiger partial charge < -0.3 is 20.1 Å². The second-order valence-corrected chi connectivity index (χ2v) is 7.81. The average Bonchev–Trinajstić information content (AvgIpc) is 2.60. The monoisotopic (exact) mass is 392 g/mol. The molecular formula is C16H25ClN2O5S. The van der Waals surface area contributed by atoms with Gasteiger partial charge in [0.05, 0.1) is 24.9 Å². The van der Waals surface area contributed by atoms with Crippen molar-refractivity contribution in [2.75, 3.05) is 33.1 Å². The molecule has 1 aliphatic rings. The molecular weight excluding hydrogens is 368 g/mol. The van der Waals surface area contributed by atoms with Gasteiger partial charge in [0.1, 0.15) is 0 Å². The van der Waals surface area contributed by atoms with E-state index < -0.39 is 9.84 Å². The summed E-state index contributed by atoms with van der Waals surface area (Å²) >= 11 is 0. The van der Waals surface area contributed by atoms with Crippen LogP contribution in [0.5, 0.6) is 11.5 Å². The minimum atomic E-state index is -3.57. The summed E-state index contributed by atoms with van der Waals surface area (Å²) in [5.41, 5.74) is 0. The van der Waals surface area contributed by atoms with E-state index in [-0.39, 0.29) is 41.4 Å². The molecule has 0 bridgehead atoms. The topological polar surface area (TPSA) is 93.7 Å². The Bertz CT molecular complexity index is 675. The molecule has 142 valence electrons. The van der Waals surface area contributed by atoms with Crippen molar-refractivity contribution in [1.82, 2.24) is 10.6 Å². The van der Waals surface area contributed by atoms with Gasteiger partial charge in [-0.25, -0.2) is 8.42 Å². The number of nitrogens with one attached hydrogen (secondary N) is 2. The van der Waals surface area contributed by atoms with Gasteiger partial charge in [-0.2, -0.15) is 0 Å². The average molecular weight is 393 g/mol. The lowest BCUT2D eigenvalue weighted by atomic mass is 10.1. The first-order chi connectivity index (χ1) is 11.5. The van der Waals surface area contributed by atoms with Crippen LogP contribution in [-0.2, 0) is 14.6 Å². The van der Waals surface area contributed by atoms with Gasteiger partial charge in [-0.3, -0.25) is 4.79 Å². The quantitative estimate of drug-likeness (QED) is 0.723. The third-order valence-electron chi connectivity index (χ3n) is 3.97. The molecule has 1 fully saturated rings. The fourth-order valence-corrected chi connectivity index (χ4v) is 3.88. The van der Waals surface area contributed by atoms with E-state index in [2.05, 4.69) is 10.6 Å². The molecule has 0 radical (unpaired) electrons. The van der Waals surface area contributed by atoms with Crippen molar-refractivity contribution >= 4 is 28.2 Å². The van der Waals surface area contributed by atoms with E-state index >= 15 is 0 Å². The molecule has 1 aliphatic heterocycles.